The van der Waals surface area contributed by atoms with Gasteiger partial charge in [-0.15, -0.1) is 0 Å². The zero-order valence-electron chi connectivity index (χ0n) is 16.8. The van der Waals surface area contributed by atoms with E-state index in [0.717, 1.165) is 10.5 Å². The molecule has 4 amide bonds. The molecule has 158 valence electrons. The van der Waals surface area contributed by atoms with E-state index in [2.05, 4.69) is 21.5 Å². The largest absolute Gasteiger partial charge is 0.383 e. The van der Waals surface area contributed by atoms with Crippen LogP contribution in [0, 0.1) is 0 Å². The molecule has 2 rings (SSSR count). The molecule has 10 heteroatoms. The summed E-state index contributed by atoms with van der Waals surface area (Å²) in [5.41, 5.74) is 4.93. The average Bonchev–Trinajstić information content (AvgIpc) is 2.89. The van der Waals surface area contributed by atoms with E-state index in [1.165, 1.54) is 0 Å². The molecule has 9 nitrogen and oxygen atoms in total. The third kappa shape index (κ3) is 6.40. The van der Waals surface area contributed by atoms with E-state index in [-0.39, 0.29) is 11.2 Å². The molecule has 1 aliphatic rings. The number of benzene rings is 1. The van der Waals surface area contributed by atoms with Crippen molar-refractivity contribution in [3.05, 3.63) is 35.9 Å². The van der Waals surface area contributed by atoms with Crippen molar-refractivity contribution in [1.29, 1.82) is 0 Å². The predicted octanol–water partition coefficient (Wildman–Crippen LogP) is 0.460. The minimum absolute atomic E-state index is 0.0480. The third-order valence-corrected chi connectivity index (χ3v) is 4.73. The number of amides is 4. The molecule has 1 aromatic carbocycles. The number of methoxy groups -OCH3 is 1. The van der Waals surface area contributed by atoms with Gasteiger partial charge in [0.1, 0.15) is 12.1 Å². The van der Waals surface area contributed by atoms with Gasteiger partial charge in [0.2, 0.25) is 0 Å². The fraction of sp³-hybridized carbons (Fsp3) is 0.474. The summed E-state index contributed by atoms with van der Waals surface area (Å²) in [4.78, 5) is 38.0. The summed E-state index contributed by atoms with van der Waals surface area (Å²) in [6.45, 7) is 3.57. The zero-order valence-corrected chi connectivity index (χ0v) is 17.6. The number of rotatable bonds is 8. The van der Waals surface area contributed by atoms with Crippen LogP contribution in [0.4, 0.5) is 4.79 Å². The highest BCUT2D eigenvalue weighted by atomic mass is 32.1. The van der Waals surface area contributed by atoms with Crippen LogP contribution in [0.3, 0.4) is 0 Å². The Morgan fingerprint density at radius 3 is 2.62 bits per heavy atom. The van der Waals surface area contributed by atoms with Crippen LogP contribution in [0.5, 0.6) is 0 Å². The summed E-state index contributed by atoms with van der Waals surface area (Å²) in [5, 5.41) is 5.81. The van der Waals surface area contributed by atoms with Crippen molar-refractivity contribution >= 4 is 35.2 Å². The number of nitrogens with one attached hydrogen (secondary N) is 4. The van der Waals surface area contributed by atoms with Gasteiger partial charge in [-0.25, -0.2) is 4.79 Å². The Hall–Kier alpha value is -2.72. The molecular formula is C19H27N5O4S. The number of hydrogen-bond acceptors (Lipinski definition) is 5. The minimum Gasteiger partial charge on any atom is -0.383 e. The van der Waals surface area contributed by atoms with Crippen molar-refractivity contribution in [2.75, 3.05) is 20.3 Å². The topological polar surface area (TPSA) is 112 Å². The SMILES string of the molecule is COC[C@H](C)NC(=S)NNC(=O)CN1C(=O)N[C@@](C)(CCc2ccccc2)C1=O. The third-order valence-electron chi connectivity index (χ3n) is 4.51. The van der Waals surface area contributed by atoms with Crippen LogP contribution < -0.4 is 21.5 Å². The van der Waals surface area contributed by atoms with Crippen molar-refractivity contribution < 1.29 is 19.1 Å². The van der Waals surface area contributed by atoms with Gasteiger partial charge in [-0.05, 0) is 44.5 Å². The fourth-order valence-corrected chi connectivity index (χ4v) is 3.21. The molecule has 0 aliphatic carbocycles. The number of aryl methyl sites for hydroxylation is 1. The second kappa shape index (κ2) is 10.2. The molecule has 1 aromatic rings. The van der Waals surface area contributed by atoms with Gasteiger partial charge in [0, 0.05) is 13.2 Å². The van der Waals surface area contributed by atoms with Crippen molar-refractivity contribution in [1.82, 2.24) is 26.4 Å². The Balaban J connectivity index is 1.84. The number of nitrogens with zero attached hydrogens (tertiary/aromatic N) is 1. The molecule has 0 radical (unpaired) electrons. The Morgan fingerprint density at radius 1 is 1.28 bits per heavy atom. The van der Waals surface area contributed by atoms with Gasteiger partial charge in [-0.1, -0.05) is 30.3 Å². The molecule has 1 heterocycles. The summed E-state index contributed by atoms with van der Waals surface area (Å²) in [5.74, 6) is -0.993. The first-order valence-electron chi connectivity index (χ1n) is 9.27. The van der Waals surface area contributed by atoms with Crippen LogP contribution in [0.2, 0.25) is 0 Å². The smallest absolute Gasteiger partial charge is 0.325 e. The number of hydrogen-bond donors (Lipinski definition) is 4. The lowest BCUT2D eigenvalue weighted by Crippen LogP contribution is -2.52. The van der Waals surface area contributed by atoms with Gasteiger partial charge in [0.25, 0.3) is 11.8 Å². The highest BCUT2D eigenvalue weighted by Gasteiger charge is 2.47. The van der Waals surface area contributed by atoms with Crippen LogP contribution >= 0.6 is 12.2 Å². The minimum atomic E-state index is -1.05. The van der Waals surface area contributed by atoms with Gasteiger partial charge in [0.05, 0.1) is 6.61 Å². The van der Waals surface area contributed by atoms with E-state index in [4.69, 9.17) is 17.0 Å². The monoisotopic (exact) mass is 421 g/mol. The van der Waals surface area contributed by atoms with E-state index in [0.29, 0.717) is 19.4 Å². The number of imide groups is 1. The maximum atomic E-state index is 12.7. The van der Waals surface area contributed by atoms with Crippen LogP contribution in [0.25, 0.3) is 0 Å². The van der Waals surface area contributed by atoms with Crippen molar-refractivity contribution in [2.24, 2.45) is 0 Å². The maximum absolute atomic E-state index is 12.7. The molecule has 1 aliphatic heterocycles. The second-order valence-electron chi connectivity index (χ2n) is 7.14. The summed E-state index contributed by atoms with van der Waals surface area (Å²) >= 11 is 5.06. The molecular weight excluding hydrogens is 394 g/mol. The van der Waals surface area contributed by atoms with Crippen molar-refractivity contribution in [3.63, 3.8) is 0 Å². The summed E-state index contributed by atoms with van der Waals surface area (Å²) < 4.78 is 4.98. The first-order chi connectivity index (χ1) is 13.7. The molecule has 2 atom stereocenters. The summed E-state index contributed by atoms with van der Waals surface area (Å²) in [6, 6.07) is 9.06. The molecule has 1 fully saturated rings. The highest BCUT2D eigenvalue weighted by Crippen LogP contribution is 2.23. The molecule has 0 unspecified atom stereocenters. The number of carbonyl (C=O) groups is 3. The Kier molecular flexibility index (Phi) is 7.91. The van der Waals surface area contributed by atoms with Crippen LogP contribution in [-0.4, -0.2) is 59.7 Å². The van der Waals surface area contributed by atoms with E-state index < -0.39 is 29.9 Å². The highest BCUT2D eigenvalue weighted by molar-refractivity contribution is 7.80. The quantitative estimate of drug-likeness (QED) is 0.274. The lowest BCUT2D eigenvalue weighted by Gasteiger charge is -2.21. The molecule has 0 saturated carbocycles. The molecule has 0 aromatic heterocycles. The van der Waals surface area contributed by atoms with E-state index in [9.17, 15) is 14.4 Å². The van der Waals surface area contributed by atoms with Crippen molar-refractivity contribution in [2.45, 2.75) is 38.3 Å². The molecule has 1 saturated heterocycles. The maximum Gasteiger partial charge on any atom is 0.325 e. The first kappa shape index (κ1) is 22.6. The Bertz CT molecular complexity index is 760. The first-order valence-corrected chi connectivity index (χ1v) is 9.68. The zero-order chi connectivity index (χ0) is 21.4. The molecule has 29 heavy (non-hydrogen) atoms. The number of ether oxygens (including phenoxy) is 1. The Morgan fingerprint density at radius 2 is 1.97 bits per heavy atom. The number of urea groups is 1. The van der Waals surface area contributed by atoms with Crippen LogP contribution in [-0.2, 0) is 20.7 Å². The lowest BCUT2D eigenvalue weighted by atomic mass is 9.93. The van der Waals surface area contributed by atoms with Gasteiger partial charge < -0.3 is 15.4 Å². The van der Waals surface area contributed by atoms with Crippen LogP contribution in [0.15, 0.2) is 30.3 Å². The lowest BCUT2D eigenvalue weighted by molar-refractivity contribution is -0.134. The molecule has 0 spiro atoms. The van der Waals surface area contributed by atoms with Gasteiger partial charge in [0.15, 0.2) is 5.11 Å². The summed E-state index contributed by atoms with van der Waals surface area (Å²) in [7, 11) is 1.57. The molecule has 0 bridgehead atoms. The van der Waals surface area contributed by atoms with Gasteiger partial charge >= 0.3 is 6.03 Å². The van der Waals surface area contributed by atoms with Crippen molar-refractivity contribution in [3.8, 4) is 0 Å². The van der Waals surface area contributed by atoms with Gasteiger partial charge in [-0.2, -0.15) is 0 Å². The fourth-order valence-electron chi connectivity index (χ4n) is 2.96. The standard InChI is InChI=1S/C19H27N5O4S/c1-13(12-28-3)20-17(29)23-22-15(25)11-24-16(26)19(2,21-18(24)27)10-9-14-7-5-4-6-8-14/h4-8,13H,9-12H2,1-3H3,(H,21,27)(H,22,25)(H2,20,23,29)/t13-,19-/m0/s1. The van der Waals surface area contributed by atoms with E-state index in [1.807, 2.05) is 37.3 Å². The number of hydrazine groups is 1. The van der Waals surface area contributed by atoms with E-state index >= 15 is 0 Å². The Labute approximate surface area is 175 Å². The van der Waals surface area contributed by atoms with Gasteiger partial charge in [-0.3, -0.25) is 25.3 Å². The second-order valence-corrected chi connectivity index (χ2v) is 7.55. The number of thiocarbonyl (C=S) groups is 1. The van der Waals surface area contributed by atoms with Crippen LogP contribution in [0.1, 0.15) is 25.8 Å². The average molecular weight is 422 g/mol. The number of carbonyl (C=O) groups excluding carboxylic acids is 3. The molecule has 4 N–H and O–H groups in total. The summed E-state index contributed by atoms with van der Waals surface area (Å²) in [6.07, 6.45) is 1.06. The normalized spacial score (nSPS) is 19.5. The van der Waals surface area contributed by atoms with E-state index in [1.54, 1.807) is 14.0 Å². The predicted molar refractivity (Wildman–Crippen MR) is 112 cm³/mol.